The van der Waals surface area contributed by atoms with Crippen LogP contribution in [0.15, 0.2) is 66.2 Å². The summed E-state index contributed by atoms with van der Waals surface area (Å²) in [4.78, 5) is 24.1. The Bertz CT molecular complexity index is 913. The maximum absolute atomic E-state index is 12.7. The van der Waals surface area contributed by atoms with Gasteiger partial charge in [0.15, 0.2) is 0 Å². The zero-order valence-corrected chi connectivity index (χ0v) is 19.2. The molecule has 0 radical (unpaired) electrons. The molecule has 0 saturated carbocycles. The number of piperazine rings is 1. The van der Waals surface area contributed by atoms with E-state index in [1.54, 1.807) is 0 Å². The average Bonchev–Trinajstić information content (AvgIpc) is 2.80. The van der Waals surface area contributed by atoms with Gasteiger partial charge in [-0.15, -0.1) is 6.58 Å². The van der Waals surface area contributed by atoms with Crippen LogP contribution in [0, 0.1) is 0 Å². The summed E-state index contributed by atoms with van der Waals surface area (Å²) in [5.41, 5.74) is 2.42. The van der Waals surface area contributed by atoms with Crippen molar-refractivity contribution < 1.29 is 4.79 Å². The molecule has 1 saturated heterocycles. The minimum atomic E-state index is 0.0548. The zero-order valence-electron chi connectivity index (χ0n) is 18.4. The number of amides is 1. The lowest BCUT2D eigenvalue weighted by Gasteiger charge is -2.36. The lowest BCUT2D eigenvalue weighted by Crippen LogP contribution is -2.48. The predicted molar refractivity (Wildman–Crippen MR) is 130 cm³/mol. The Morgan fingerprint density at radius 3 is 2.23 bits per heavy atom. The minimum Gasteiger partial charge on any atom is -0.354 e. The summed E-state index contributed by atoms with van der Waals surface area (Å²) in [6, 6.07) is 15.4. The Morgan fingerprint density at radius 1 is 1.03 bits per heavy atom. The van der Waals surface area contributed by atoms with Gasteiger partial charge in [0.05, 0.1) is 10.7 Å². The number of carbonyl (C=O) groups is 1. The highest BCUT2D eigenvalue weighted by Gasteiger charge is 2.21. The molecule has 2 aromatic carbocycles. The van der Waals surface area contributed by atoms with Crippen molar-refractivity contribution >= 4 is 29.0 Å². The summed E-state index contributed by atoms with van der Waals surface area (Å²) in [7, 11) is 0. The highest BCUT2D eigenvalue weighted by atomic mass is 35.5. The summed E-state index contributed by atoms with van der Waals surface area (Å²) >= 11 is 6.40. The third-order valence-electron chi connectivity index (χ3n) is 5.58. The number of rotatable bonds is 7. The molecule has 1 aliphatic rings. The minimum absolute atomic E-state index is 0.0548. The van der Waals surface area contributed by atoms with Crippen LogP contribution in [-0.4, -0.2) is 72.3 Å². The molecule has 0 N–H and O–H groups in total. The summed E-state index contributed by atoms with van der Waals surface area (Å²) in [6.07, 6.45) is 1.94. The summed E-state index contributed by atoms with van der Waals surface area (Å²) in [6.45, 7) is 13.8. The Hall–Kier alpha value is -2.63. The van der Waals surface area contributed by atoms with Crippen molar-refractivity contribution in [2.45, 2.75) is 13.8 Å². The number of amidine groups is 1. The number of hydrogen-bond donors (Lipinski definition) is 0. The molecule has 31 heavy (non-hydrogen) atoms. The number of carbonyl (C=O) groups excluding carboxylic acids is 1. The smallest absolute Gasteiger partial charge is 0.253 e. The number of aliphatic imine (C=N–C) groups is 1. The van der Waals surface area contributed by atoms with Crippen LogP contribution in [0.5, 0.6) is 0 Å². The fraction of sp³-hybridized carbons (Fsp3) is 0.360. The molecule has 0 spiro atoms. The molecule has 1 aliphatic heterocycles. The zero-order chi connectivity index (χ0) is 22.2. The predicted octanol–water partition coefficient (Wildman–Crippen LogP) is 4.70. The maximum Gasteiger partial charge on any atom is 0.253 e. The van der Waals surface area contributed by atoms with E-state index in [4.69, 9.17) is 16.6 Å². The molecule has 0 aromatic heterocycles. The number of hydrogen-bond acceptors (Lipinski definition) is 3. The van der Waals surface area contributed by atoms with E-state index < -0.39 is 0 Å². The molecule has 0 unspecified atom stereocenters. The van der Waals surface area contributed by atoms with Crippen molar-refractivity contribution in [2.75, 3.05) is 45.8 Å². The third-order valence-corrected chi connectivity index (χ3v) is 5.90. The van der Waals surface area contributed by atoms with Gasteiger partial charge in [-0.1, -0.05) is 41.9 Å². The van der Waals surface area contributed by atoms with Gasteiger partial charge < -0.3 is 9.80 Å². The fourth-order valence-electron chi connectivity index (χ4n) is 3.75. The van der Waals surface area contributed by atoms with Gasteiger partial charge in [0.1, 0.15) is 5.84 Å². The lowest BCUT2D eigenvalue weighted by molar-refractivity contribution is 0.0773. The second-order valence-corrected chi connectivity index (χ2v) is 7.93. The number of halogens is 1. The van der Waals surface area contributed by atoms with E-state index in [-0.39, 0.29) is 5.91 Å². The Balaban J connectivity index is 1.91. The van der Waals surface area contributed by atoms with Crippen LogP contribution in [0.4, 0.5) is 5.69 Å². The van der Waals surface area contributed by atoms with Crippen molar-refractivity contribution in [1.29, 1.82) is 0 Å². The second-order valence-electron chi connectivity index (χ2n) is 7.52. The number of nitrogens with zero attached hydrogens (tertiary/aromatic N) is 4. The van der Waals surface area contributed by atoms with Crippen LogP contribution in [0.25, 0.3) is 0 Å². The first-order valence-corrected chi connectivity index (χ1v) is 11.3. The normalized spacial score (nSPS) is 15.1. The van der Waals surface area contributed by atoms with Crippen LogP contribution < -0.4 is 0 Å². The largest absolute Gasteiger partial charge is 0.354 e. The van der Waals surface area contributed by atoms with Crippen molar-refractivity contribution in [3.8, 4) is 0 Å². The van der Waals surface area contributed by atoms with Crippen LogP contribution in [0.2, 0.25) is 5.02 Å². The van der Waals surface area contributed by atoms with Crippen molar-refractivity contribution in [3.05, 3.63) is 77.3 Å². The van der Waals surface area contributed by atoms with Gasteiger partial charge in [-0.3, -0.25) is 9.69 Å². The molecule has 0 aliphatic carbocycles. The summed E-state index contributed by atoms with van der Waals surface area (Å²) in [5, 5.41) is 0.624. The summed E-state index contributed by atoms with van der Waals surface area (Å²) in [5.74, 6) is 0.937. The lowest BCUT2D eigenvalue weighted by atomic mass is 10.1. The second kappa shape index (κ2) is 11.1. The molecule has 2 aromatic rings. The van der Waals surface area contributed by atoms with E-state index in [1.165, 1.54) is 0 Å². The highest BCUT2D eigenvalue weighted by molar-refractivity contribution is 6.33. The topological polar surface area (TPSA) is 39.1 Å². The van der Waals surface area contributed by atoms with Crippen molar-refractivity contribution in [1.82, 2.24) is 14.7 Å². The summed E-state index contributed by atoms with van der Waals surface area (Å²) < 4.78 is 0. The molecule has 1 heterocycles. The molecule has 3 rings (SSSR count). The van der Waals surface area contributed by atoms with Crippen LogP contribution in [0.1, 0.15) is 29.8 Å². The SMILES string of the molecule is C=CCN1CCN(/C(=N\c2ccccc2Cl)c2ccc(C(=O)N(CC)CC)cc2)CC1. The van der Waals surface area contributed by atoms with Crippen molar-refractivity contribution in [2.24, 2.45) is 4.99 Å². The molecule has 0 atom stereocenters. The van der Waals surface area contributed by atoms with E-state index in [9.17, 15) is 4.79 Å². The monoisotopic (exact) mass is 438 g/mol. The molecular weight excluding hydrogens is 408 g/mol. The van der Waals surface area contributed by atoms with E-state index in [0.29, 0.717) is 23.7 Å². The van der Waals surface area contributed by atoms with Gasteiger partial charge in [-0.05, 0) is 38.1 Å². The average molecular weight is 439 g/mol. The quantitative estimate of drug-likeness (QED) is 0.357. The molecule has 164 valence electrons. The van der Waals surface area contributed by atoms with Gasteiger partial charge in [-0.25, -0.2) is 4.99 Å². The Morgan fingerprint density at radius 2 is 1.65 bits per heavy atom. The first-order chi connectivity index (χ1) is 15.1. The first kappa shape index (κ1) is 23.0. The Kier molecular flexibility index (Phi) is 8.27. The van der Waals surface area contributed by atoms with Gasteiger partial charge in [-0.2, -0.15) is 0 Å². The number of para-hydroxylation sites is 1. The molecule has 1 fully saturated rings. The highest BCUT2D eigenvalue weighted by Crippen LogP contribution is 2.26. The standard InChI is InChI=1S/C25H31ClN4O/c1-4-15-28-16-18-30(19-17-28)24(27-23-10-8-7-9-22(23)26)20-11-13-21(14-12-20)25(31)29(5-2)6-3/h4,7-14H,1,5-6,15-19H2,2-3H3/b27-24-. The van der Waals surface area contributed by atoms with E-state index >= 15 is 0 Å². The van der Waals surface area contributed by atoms with Gasteiger partial charge in [0.25, 0.3) is 5.91 Å². The first-order valence-electron chi connectivity index (χ1n) is 10.9. The molecule has 1 amide bonds. The molecule has 5 nitrogen and oxygen atoms in total. The molecular formula is C25H31ClN4O. The van der Waals surface area contributed by atoms with Gasteiger partial charge >= 0.3 is 0 Å². The van der Waals surface area contributed by atoms with Gasteiger partial charge in [0, 0.05) is 56.9 Å². The van der Waals surface area contributed by atoms with Gasteiger partial charge in [0.2, 0.25) is 0 Å². The van der Waals surface area contributed by atoms with E-state index in [1.807, 2.05) is 73.4 Å². The third kappa shape index (κ3) is 5.75. The fourth-order valence-corrected chi connectivity index (χ4v) is 3.93. The van der Waals surface area contributed by atoms with E-state index in [0.717, 1.165) is 49.8 Å². The molecule has 6 heteroatoms. The Labute approximate surface area is 190 Å². The van der Waals surface area contributed by atoms with Crippen LogP contribution >= 0.6 is 11.6 Å². The number of benzene rings is 2. The molecule has 0 bridgehead atoms. The van der Waals surface area contributed by atoms with Crippen molar-refractivity contribution in [3.63, 3.8) is 0 Å². The van der Waals surface area contributed by atoms with Crippen LogP contribution in [0.3, 0.4) is 0 Å². The maximum atomic E-state index is 12.7. The van der Waals surface area contributed by atoms with Crippen LogP contribution in [-0.2, 0) is 0 Å². The van der Waals surface area contributed by atoms with E-state index in [2.05, 4.69) is 16.4 Å².